The summed E-state index contributed by atoms with van der Waals surface area (Å²) >= 11 is 0. The number of nitrogens with one attached hydrogen (secondary N) is 1. The van der Waals surface area contributed by atoms with Crippen LogP contribution in [0.5, 0.6) is 0 Å². The predicted molar refractivity (Wildman–Crippen MR) is 131 cm³/mol. The minimum Gasteiger partial charge on any atom is -1.00 e. The number of pyridine rings is 1. The second-order valence-corrected chi connectivity index (χ2v) is 10.6. The van der Waals surface area contributed by atoms with Gasteiger partial charge in [-0.15, -0.1) is 0 Å². The number of anilines is 1. The number of piperidine rings is 3. The van der Waals surface area contributed by atoms with Crippen LogP contribution in [0.15, 0.2) is 54.9 Å². The van der Waals surface area contributed by atoms with E-state index >= 15 is 0 Å². The molecule has 3 saturated heterocycles. The fourth-order valence-corrected chi connectivity index (χ4v) is 6.47. The zero-order valence-corrected chi connectivity index (χ0v) is 21.1. The van der Waals surface area contributed by atoms with E-state index in [1.54, 1.807) is 24.5 Å². The van der Waals surface area contributed by atoms with Crippen molar-refractivity contribution in [1.82, 2.24) is 4.98 Å². The molecule has 1 saturated carbocycles. The lowest BCUT2D eigenvalue weighted by molar-refractivity contribution is -0.939. The number of halogens is 1. The number of carbonyl (C=O) groups excluding carboxylic acids is 2. The molecular weight excluding hydrogens is 462 g/mol. The molecule has 1 aromatic heterocycles. The lowest BCUT2D eigenvalue weighted by atomic mass is 9.74. The van der Waals surface area contributed by atoms with Gasteiger partial charge in [0.05, 0.1) is 18.5 Å². The number of nitrogens with zero attached hydrogens (tertiary/aromatic N) is 2. The van der Waals surface area contributed by atoms with Crippen molar-refractivity contribution in [2.45, 2.75) is 62.9 Å². The van der Waals surface area contributed by atoms with E-state index in [9.17, 15) is 9.59 Å². The average molecular weight is 498 g/mol. The van der Waals surface area contributed by atoms with Crippen molar-refractivity contribution in [2.75, 3.05) is 31.5 Å². The first-order valence-corrected chi connectivity index (χ1v) is 12.9. The van der Waals surface area contributed by atoms with Crippen LogP contribution in [0.4, 0.5) is 5.69 Å². The summed E-state index contributed by atoms with van der Waals surface area (Å²) in [6, 6.07) is 13.9. The molecule has 1 aliphatic carbocycles. The molecule has 1 atom stereocenters. The Kier molecular flexibility index (Phi) is 8.12. The van der Waals surface area contributed by atoms with Gasteiger partial charge in [0.2, 0.25) is 0 Å². The maximum Gasteiger partial charge on any atom is 0.317 e. The first kappa shape index (κ1) is 25.6. The van der Waals surface area contributed by atoms with Gasteiger partial charge in [-0.25, -0.2) is 0 Å². The summed E-state index contributed by atoms with van der Waals surface area (Å²) in [6.07, 6.45) is 11.5. The lowest BCUT2D eigenvalue weighted by Crippen LogP contribution is -3.00. The lowest BCUT2D eigenvalue weighted by Gasteiger charge is -2.52. The Morgan fingerprint density at radius 1 is 0.971 bits per heavy atom. The zero-order chi connectivity index (χ0) is 23.4. The van der Waals surface area contributed by atoms with Gasteiger partial charge >= 0.3 is 5.97 Å². The van der Waals surface area contributed by atoms with Crippen LogP contribution in [0.3, 0.4) is 0 Å². The largest absolute Gasteiger partial charge is 1.00 e. The highest BCUT2D eigenvalue weighted by Crippen LogP contribution is 2.42. The van der Waals surface area contributed by atoms with Gasteiger partial charge in [-0.05, 0) is 30.5 Å². The highest BCUT2D eigenvalue weighted by molar-refractivity contribution is 5.91. The molecule has 0 radical (unpaired) electrons. The number of hydrogen-bond donors (Lipinski definition) is 1. The summed E-state index contributed by atoms with van der Waals surface area (Å²) in [5.41, 5.74) is 1.34. The number of aromatic nitrogens is 1. The summed E-state index contributed by atoms with van der Waals surface area (Å²) in [4.78, 5) is 30.7. The fourth-order valence-electron chi connectivity index (χ4n) is 6.47. The summed E-state index contributed by atoms with van der Waals surface area (Å²) in [5, 5.41) is 3.01. The molecule has 2 aromatic rings. The summed E-state index contributed by atoms with van der Waals surface area (Å²) < 4.78 is 7.12. The number of amides is 1. The zero-order valence-electron chi connectivity index (χ0n) is 20.3. The van der Waals surface area contributed by atoms with Crippen LogP contribution in [0.25, 0.3) is 0 Å². The molecule has 0 spiro atoms. The van der Waals surface area contributed by atoms with Gasteiger partial charge < -0.3 is 26.9 Å². The second-order valence-electron chi connectivity index (χ2n) is 10.6. The van der Waals surface area contributed by atoms with Crippen molar-refractivity contribution in [3.8, 4) is 0 Å². The van der Waals surface area contributed by atoms with E-state index < -0.39 is 5.41 Å². The van der Waals surface area contributed by atoms with Gasteiger partial charge in [0.25, 0.3) is 5.91 Å². The molecule has 6 nitrogen and oxygen atoms in total. The molecule has 1 amide bonds. The van der Waals surface area contributed by atoms with E-state index in [-0.39, 0.29) is 30.4 Å². The third-order valence-corrected chi connectivity index (χ3v) is 8.42. The van der Waals surface area contributed by atoms with Crippen LogP contribution < -0.4 is 17.7 Å². The Morgan fingerprint density at radius 3 is 2.29 bits per heavy atom. The van der Waals surface area contributed by atoms with Crippen molar-refractivity contribution >= 4 is 17.6 Å². The quantitative estimate of drug-likeness (QED) is 0.373. The van der Waals surface area contributed by atoms with Gasteiger partial charge in [-0.3, -0.25) is 14.6 Å². The van der Waals surface area contributed by atoms with Crippen molar-refractivity contribution in [2.24, 2.45) is 5.92 Å². The first-order valence-electron chi connectivity index (χ1n) is 12.9. The molecule has 1 aromatic carbocycles. The number of rotatable bonds is 6. The number of quaternary nitrogens is 1. The Hall–Kier alpha value is -2.44. The molecule has 3 aliphatic heterocycles. The van der Waals surface area contributed by atoms with Crippen LogP contribution in [0.2, 0.25) is 0 Å². The molecule has 4 heterocycles. The van der Waals surface area contributed by atoms with Crippen LogP contribution >= 0.6 is 0 Å². The SMILES string of the molecule is O=C(C[N+]12CCC(CC1)[C@@H](OC(=O)C1(c3ccccc3)CCCCCC1)C2)Nc1ccncc1.[Cl-]. The Morgan fingerprint density at radius 2 is 1.63 bits per heavy atom. The molecule has 1 N–H and O–H groups in total. The third-order valence-electron chi connectivity index (χ3n) is 8.42. The number of esters is 1. The molecule has 7 heteroatoms. The molecule has 188 valence electrons. The Labute approximate surface area is 214 Å². The highest BCUT2D eigenvalue weighted by Gasteiger charge is 2.51. The summed E-state index contributed by atoms with van der Waals surface area (Å²) in [7, 11) is 0. The minimum absolute atomic E-state index is 0. The molecular formula is C28H36ClN3O3. The van der Waals surface area contributed by atoms with Crippen LogP contribution in [-0.2, 0) is 19.7 Å². The van der Waals surface area contributed by atoms with Gasteiger partial charge in [0.15, 0.2) is 12.6 Å². The van der Waals surface area contributed by atoms with E-state index in [2.05, 4.69) is 22.4 Å². The standard InChI is InChI=1S/C28H35N3O3.ClH/c32-26(30-24-10-16-29-17-11-24)21-31-18-12-22(13-19-31)25(20-31)34-27(33)28(14-6-1-2-7-15-28)23-8-4-3-5-9-23;/h3-5,8-11,16-17,22,25H,1-2,6-7,12-15,18-21H2;1H/t22?,25-,31?;/m0./s1. The first-order chi connectivity index (χ1) is 16.6. The highest BCUT2D eigenvalue weighted by atomic mass is 35.5. The van der Waals surface area contributed by atoms with Crippen molar-refractivity contribution in [1.29, 1.82) is 0 Å². The van der Waals surface area contributed by atoms with E-state index in [0.29, 0.717) is 16.9 Å². The average Bonchev–Trinajstić information content (AvgIpc) is 3.13. The topological polar surface area (TPSA) is 68.3 Å². The molecule has 2 bridgehead atoms. The van der Waals surface area contributed by atoms with Gasteiger partial charge in [-0.1, -0.05) is 56.0 Å². The van der Waals surface area contributed by atoms with Gasteiger partial charge in [0, 0.05) is 36.8 Å². The fraction of sp³-hybridized carbons (Fsp3) is 0.536. The van der Waals surface area contributed by atoms with Crippen LogP contribution in [-0.4, -0.2) is 53.6 Å². The van der Waals surface area contributed by atoms with Crippen LogP contribution in [0, 0.1) is 5.92 Å². The number of hydrogen-bond acceptors (Lipinski definition) is 4. The van der Waals surface area contributed by atoms with E-state index in [4.69, 9.17) is 4.74 Å². The normalized spacial score (nSPS) is 27.2. The van der Waals surface area contributed by atoms with Crippen molar-refractivity contribution in [3.63, 3.8) is 0 Å². The van der Waals surface area contributed by atoms with Crippen molar-refractivity contribution < 1.29 is 31.2 Å². The summed E-state index contributed by atoms with van der Waals surface area (Å²) in [6.45, 7) is 3.12. The Bertz CT molecular complexity index is 985. The molecule has 35 heavy (non-hydrogen) atoms. The van der Waals surface area contributed by atoms with Gasteiger partial charge in [0.1, 0.15) is 6.54 Å². The van der Waals surface area contributed by atoms with E-state index in [1.165, 1.54) is 12.8 Å². The predicted octanol–water partition coefficient (Wildman–Crippen LogP) is 1.47. The monoisotopic (exact) mass is 497 g/mol. The summed E-state index contributed by atoms with van der Waals surface area (Å²) in [5.74, 6) is 0.380. The number of ether oxygens (including phenoxy) is 1. The van der Waals surface area contributed by atoms with Crippen molar-refractivity contribution in [3.05, 3.63) is 60.4 Å². The molecule has 4 fully saturated rings. The molecule has 4 aliphatic rings. The molecule has 6 rings (SSSR count). The number of fused-ring (bicyclic) bond motifs is 3. The maximum atomic E-state index is 13.9. The van der Waals surface area contributed by atoms with E-state index in [0.717, 1.165) is 69.4 Å². The second kappa shape index (κ2) is 11.1. The Balaban J connectivity index is 0.00000289. The minimum atomic E-state index is -0.534. The van der Waals surface area contributed by atoms with Gasteiger partial charge in [-0.2, -0.15) is 0 Å². The maximum absolute atomic E-state index is 13.9. The third kappa shape index (κ3) is 5.54. The molecule has 0 unspecified atom stereocenters. The smallest absolute Gasteiger partial charge is 0.317 e. The van der Waals surface area contributed by atoms with E-state index in [1.807, 2.05) is 18.2 Å². The number of benzene rings is 1. The van der Waals surface area contributed by atoms with Crippen LogP contribution in [0.1, 0.15) is 56.9 Å². The number of carbonyl (C=O) groups is 2.